The summed E-state index contributed by atoms with van der Waals surface area (Å²) in [5, 5.41) is 4.92. The molecule has 0 unspecified atom stereocenters. The number of pyridine rings is 1. The molecule has 2 aromatic carbocycles. The van der Waals surface area contributed by atoms with Gasteiger partial charge in [0, 0.05) is 11.2 Å². The topological polar surface area (TPSA) is 60.2 Å². The van der Waals surface area contributed by atoms with Gasteiger partial charge in [-0.3, -0.25) is 9.83 Å². The van der Waals surface area contributed by atoms with Crippen molar-refractivity contribution in [3.63, 3.8) is 0 Å². The zero-order chi connectivity index (χ0) is 22.9. The fourth-order valence-corrected chi connectivity index (χ4v) is 4.13. The first-order valence-corrected chi connectivity index (χ1v) is 11.0. The second-order valence-corrected chi connectivity index (χ2v) is 8.56. The summed E-state index contributed by atoms with van der Waals surface area (Å²) in [6.07, 6.45) is 3.94. The van der Waals surface area contributed by atoms with Crippen molar-refractivity contribution in [2.45, 2.75) is 19.4 Å². The smallest absolute Gasteiger partial charge is 0.184 e. The Labute approximate surface area is 199 Å². The number of aryl methyl sites for hydroxylation is 1. The van der Waals surface area contributed by atoms with E-state index >= 15 is 0 Å². The number of nitrogens with zero attached hydrogens (tertiary/aromatic N) is 3. The number of rotatable bonds is 5. The van der Waals surface area contributed by atoms with Gasteiger partial charge in [-0.2, -0.15) is 5.10 Å². The van der Waals surface area contributed by atoms with E-state index in [0.717, 1.165) is 16.6 Å². The molecule has 168 valence electrons. The second-order valence-electron chi connectivity index (χ2n) is 7.75. The normalized spacial score (nSPS) is 15.9. The van der Waals surface area contributed by atoms with Crippen molar-refractivity contribution in [3.8, 4) is 11.5 Å². The minimum atomic E-state index is -0.646. The molecule has 0 fully saturated rings. The molecule has 9 heteroatoms. The van der Waals surface area contributed by atoms with Gasteiger partial charge in [0.15, 0.2) is 23.2 Å². The van der Waals surface area contributed by atoms with Crippen molar-refractivity contribution in [3.05, 3.63) is 93.5 Å². The molecule has 2 aromatic heterocycles. The van der Waals surface area contributed by atoms with Crippen LogP contribution in [0, 0.1) is 12.7 Å². The Morgan fingerprint density at radius 2 is 2.03 bits per heavy atom. The highest BCUT2D eigenvalue weighted by molar-refractivity contribution is 6.31. The van der Waals surface area contributed by atoms with Crippen LogP contribution in [0.3, 0.4) is 0 Å². The summed E-state index contributed by atoms with van der Waals surface area (Å²) in [4.78, 5) is 10.5. The lowest BCUT2D eigenvalue weighted by Crippen LogP contribution is -2.37. The Balaban J connectivity index is 1.52. The summed E-state index contributed by atoms with van der Waals surface area (Å²) < 4.78 is 22.1. The van der Waals surface area contributed by atoms with Crippen molar-refractivity contribution >= 4 is 34.6 Å². The van der Waals surface area contributed by atoms with Crippen molar-refractivity contribution in [1.82, 2.24) is 15.1 Å². The van der Waals surface area contributed by atoms with Crippen LogP contribution in [0.5, 0.6) is 11.5 Å². The molecule has 0 spiro atoms. The number of benzene rings is 2. The Morgan fingerprint density at radius 1 is 1.15 bits per heavy atom. The lowest BCUT2D eigenvalue weighted by molar-refractivity contribution is 0.0623. The number of nitrogens with one attached hydrogen (secondary N) is 1. The predicted molar refractivity (Wildman–Crippen MR) is 126 cm³/mol. The number of ether oxygens (including phenoxy) is 1. The van der Waals surface area contributed by atoms with Crippen LogP contribution < -0.4 is 10.2 Å². The van der Waals surface area contributed by atoms with Crippen molar-refractivity contribution < 1.29 is 14.0 Å². The van der Waals surface area contributed by atoms with Crippen molar-refractivity contribution in [2.75, 3.05) is 6.61 Å². The van der Waals surface area contributed by atoms with Gasteiger partial charge in [0.1, 0.15) is 0 Å². The summed E-state index contributed by atoms with van der Waals surface area (Å²) in [6, 6.07) is 14.1. The summed E-state index contributed by atoms with van der Waals surface area (Å²) in [7, 11) is 0. The van der Waals surface area contributed by atoms with Gasteiger partial charge in [-0.25, -0.2) is 14.4 Å². The van der Waals surface area contributed by atoms with Gasteiger partial charge < -0.3 is 4.74 Å². The first-order chi connectivity index (χ1) is 16.0. The SMILES string of the molecule is Cc1ccc(C[C@@H]2CONC(c3cc4ccnn4cc3Oc3cccc(Cl)c3F)=N2)c(Cl)c1. The molecule has 0 saturated carbocycles. The molecule has 33 heavy (non-hydrogen) atoms. The molecule has 5 rings (SSSR count). The summed E-state index contributed by atoms with van der Waals surface area (Å²) in [6.45, 7) is 2.37. The molecule has 6 nitrogen and oxygen atoms in total. The maximum Gasteiger partial charge on any atom is 0.184 e. The maximum atomic E-state index is 14.5. The quantitative estimate of drug-likeness (QED) is 0.390. The molecule has 0 amide bonds. The third kappa shape index (κ3) is 4.53. The highest BCUT2D eigenvalue weighted by Crippen LogP contribution is 2.32. The standard InChI is InChI=1S/C24H19Cl2FN4O2/c1-14-5-6-15(20(26)9-14)10-16-13-32-30-24(29-16)18-11-17-7-8-28-31(17)12-22(18)33-21-4-2-3-19(25)23(21)27/h2-9,11-12,16H,10,13H2,1H3,(H,29,30)/t16-/m1/s1. The van der Waals surface area contributed by atoms with Crippen LogP contribution in [0.2, 0.25) is 10.0 Å². The highest BCUT2D eigenvalue weighted by Gasteiger charge is 2.22. The number of aliphatic imine (C=N–C) groups is 1. The van der Waals surface area contributed by atoms with Crippen molar-refractivity contribution in [1.29, 1.82) is 0 Å². The van der Waals surface area contributed by atoms with E-state index in [9.17, 15) is 4.39 Å². The average Bonchev–Trinajstić information content (AvgIpc) is 3.26. The van der Waals surface area contributed by atoms with Crippen LogP contribution in [0.25, 0.3) is 5.52 Å². The Bertz CT molecular complexity index is 1370. The van der Waals surface area contributed by atoms with Crippen LogP contribution >= 0.6 is 23.2 Å². The number of halogens is 3. The Hall–Kier alpha value is -3.13. The molecule has 0 saturated heterocycles. The van der Waals surface area contributed by atoms with E-state index < -0.39 is 5.82 Å². The number of hydroxylamine groups is 1. The molecule has 1 N–H and O–H groups in total. The monoisotopic (exact) mass is 484 g/mol. The van der Waals surface area contributed by atoms with Crippen LogP contribution in [-0.4, -0.2) is 28.1 Å². The number of fused-ring (bicyclic) bond motifs is 1. The molecule has 0 radical (unpaired) electrons. The van der Waals surface area contributed by atoms with Gasteiger partial charge in [0.25, 0.3) is 0 Å². The third-order valence-corrected chi connectivity index (χ3v) is 5.95. The first-order valence-electron chi connectivity index (χ1n) is 10.3. The molecule has 1 aliphatic heterocycles. The number of aromatic nitrogens is 2. The number of hydrogen-bond donors (Lipinski definition) is 1. The summed E-state index contributed by atoms with van der Waals surface area (Å²) >= 11 is 12.3. The third-order valence-electron chi connectivity index (χ3n) is 5.31. The van der Waals surface area contributed by atoms with E-state index in [0.29, 0.717) is 35.2 Å². The molecule has 1 aliphatic rings. The van der Waals surface area contributed by atoms with E-state index in [4.69, 9.17) is 37.8 Å². The van der Waals surface area contributed by atoms with Gasteiger partial charge >= 0.3 is 0 Å². The predicted octanol–water partition coefficient (Wildman–Crippen LogP) is 5.77. The lowest BCUT2D eigenvalue weighted by atomic mass is 10.0. The largest absolute Gasteiger partial charge is 0.452 e. The average molecular weight is 485 g/mol. The Kier molecular flexibility index (Phi) is 5.93. The molecule has 4 aromatic rings. The molecular formula is C24H19Cl2FN4O2. The zero-order valence-electron chi connectivity index (χ0n) is 17.6. The number of amidine groups is 1. The van der Waals surface area contributed by atoms with Gasteiger partial charge in [-0.05, 0) is 54.8 Å². The highest BCUT2D eigenvalue weighted by atomic mass is 35.5. The van der Waals surface area contributed by atoms with Crippen LogP contribution in [0.15, 0.2) is 65.9 Å². The van der Waals surface area contributed by atoms with E-state index in [1.165, 1.54) is 12.1 Å². The minimum absolute atomic E-state index is 0.00410. The van der Waals surface area contributed by atoms with Gasteiger partial charge in [0.2, 0.25) is 0 Å². The minimum Gasteiger partial charge on any atom is -0.452 e. The fraction of sp³-hybridized carbons (Fsp3) is 0.167. The maximum absolute atomic E-state index is 14.5. The van der Waals surface area contributed by atoms with E-state index in [1.807, 2.05) is 37.3 Å². The van der Waals surface area contributed by atoms with Crippen LogP contribution in [0.4, 0.5) is 4.39 Å². The summed E-state index contributed by atoms with van der Waals surface area (Å²) in [5.74, 6) is 0.162. The van der Waals surface area contributed by atoms with Crippen LogP contribution in [-0.2, 0) is 11.3 Å². The fourth-order valence-electron chi connectivity index (χ4n) is 3.65. The van der Waals surface area contributed by atoms with Crippen LogP contribution in [0.1, 0.15) is 16.7 Å². The Morgan fingerprint density at radius 3 is 2.88 bits per heavy atom. The van der Waals surface area contributed by atoms with E-state index in [1.54, 1.807) is 23.0 Å². The van der Waals surface area contributed by atoms with Gasteiger partial charge in [0.05, 0.1) is 34.9 Å². The zero-order valence-corrected chi connectivity index (χ0v) is 19.1. The molecule has 1 atom stereocenters. The summed E-state index contributed by atoms with van der Waals surface area (Å²) in [5.41, 5.74) is 6.37. The van der Waals surface area contributed by atoms with E-state index in [2.05, 4.69) is 10.6 Å². The molecular weight excluding hydrogens is 466 g/mol. The lowest BCUT2D eigenvalue weighted by Gasteiger charge is -2.23. The van der Waals surface area contributed by atoms with Crippen molar-refractivity contribution in [2.24, 2.45) is 4.99 Å². The molecule has 0 aliphatic carbocycles. The number of hydrogen-bond acceptors (Lipinski definition) is 5. The molecule has 0 bridgehead atoms. The van der Waals surface area contributed by atoms with Gasteiger partial charge in [-0.15, -0.1) is 0 Å². The second kappa shape index (κ2) is 9.02. The molecule has 3 heterocycles. The van der Waals surface area contributed by atoms with Gasteiger partial charge in [-0.1, -0.05) is 41.4 Å². The van der Waals surface area contributed by atoms with E-state index in [-0.39, 0.29) is 16.8 Å². The first kappa shape index (κ1) is 21.7.